The van der Waals surface area contributed by atoms with Crippen molar-refractivity contribution in [3.8, 4) is 34.8 Å². The van der Waals surface area contributed by atoms with Crippen LogP contribution in [0.5, 0.6) is 23.0 Å². The van der Waals surface area contributed by atoms with Crippen molar-refractivity contribution in [1.82, 2.24) is 0 Å². The Morgan fingerprint density at radius 1 is 0.930 bits per heavy atom. The summed E-state index contributed by atoms with van der Waals surface area (Å²) in [6.45, 7) is 0. The number of Topliss-reactive ketones (excluding diaryl/α,β-unsaturated/α-hetero) is 1. The Balaban J connectivity index is 1.45. The van der Waals surface area contributed by atoms with Gasteiger partial charge in [-0.25, -0.2) is 0 Å². The van der Waals surface area contributed by atoms with Crippen molar-refractivity contribution < 1.29 is 30.0 Å². The predicted molar refractivity (Wildman–Crippen MR) is 164 cm³/mol. The quantitative estimate of drug-likeness (QED) is 0.206. The van der Waals surface area contributed by atoms with E-state index in [9.17, 15) is 25.2 Å². The molecule has 3 aliphatic rings. The normalized spacial score (nSPS) is 30.4. The van der Waals surface area contributed by atoms with E-state index in [1.807, 2.05) is 30.3 Å². The molecule has 0 amide bonds. The maximum absolute atomic E-state index is 14.0. The van der Waals surface area contributed by atoms with Crippen molar-refractivity contribution in [2.75, 3.05) is 7.11 Å². The number of aliphatic hydroxyl groups is 1. The molecule has 0 saturated heterocycles. The van der Waals surface area contributed by atoms with Gasteiger partial charge in [0.05, 0.1) is 12.7 Å². The van der Waals surface area contributed by atoms with Crippen LogP contribution in [0.1, 0.15) is 74.0 Å². The zero-order valence-electron chi connectivity index (χ0n) is 24.6. The molecule has 3 aromatic rings. The van der Waals surface area contributed by atoms with Crippen LogP contribution in [0, 0.1) is 29.6 Å². The first-order valence-electron chi connectivity index (χ1n) is 15.4. The Morgan fingerprint density at radius 3 is 2.49 bits per heavy atom. The van der Waals surface area contributed by atoms with Gasteiger partial charge in [0.2, 0.25) is 0 Å². The maximum atomic E-state index is 14.0. The van der Waals surface area contributed by atoms with Gasteiger partial charge >= 0.3 is 0 Å². The smallest absolute Gasteiger partial charge is 0.160 e. The van der Waals surface area contributed by atoms with E-state index in [-0.39, 0.29) is 53.6 Å². The minimum Gasteiger partial charge on any atom is -0.504 e. The molecule has 0 aliphatic heterocycles. The number of rotatable bonds is 5. The van der Waals surface area contributed by atoms with Crippen LogP contribution in [0.4, 0.5) is 0 Å². The predicted octanol–water partition coefficient (Wildman–Crippen LogP) is 6.39. The van der Waals surface area contributed by atoms with Gasteiger partial charge in [0.25, 0.3) is 0 Å². The summed E-state index contributed by atoms with van der Waals surface area (Å²) < 4.78 is 5.41. The number of ether oxygens (including phenoxy) is 1. The van der Waals surface area contributed by atoms with E-state index in [4.69, 9.17) is 4.74 Å². The lowest BCUT2D eigenvalue weighted by atomic mass is 9.51. The van der Waals surface area contributed by atoms with Crippen molar-refractivity contribution in [3.63, 3.8) is 0 Å². The molecule has 6 atom stereocenters. The van der Waals surface area contributed by atoms with Gasteiger partial charge in [-0.15, -0.1) is 5.92 Å². The molecular formula is C37H40O6. The van der Waals surface area contributed by atoms with Crippen molar-refractivity contribution in [1.29, 1.82) is 0 Å². The van der Waals surface area contributed by atoms with Gasteiger partial charge in [-0.2, -0.15) is 0 Å². The van der Waals surface area contributed by atoms with Crippen LogP contribution in [0.15, 0.2) is 66.7 Å². The zero-order valence-corrected chi connectivity index (χ0v) is 24.6. The van der Waals surface area contributed by atoms with Crippen LogP contribution in [-0.2, 0) is 16.6 Å². The number of carbonyl (C=O) groups excluding carboxylic acids is 1. The molecule has 2 fully saturated rings. The Bertz CT molecular complexity index is 1550. The van der Waals surface area contributed by atoms with Gasteiger partial charge in [-0.05, 0) is 79.0 Å². The van der Waals surface area contributed by atoms with Crippen molar-refractivity contribution >= 4 is 5.78 Å². The number of aromatic hydroxyl groups is 3. The average Bonchev–Trinajstić information content (AvgIpc) is 3.43. The molecule has 6 unspecified atom stereocenters. The molecule has 0 aromatic heterocycles. The van der Waals surface area contributed by atoms with Crippen molar-refractivity contribution in [2.45, 2.75) is 74.7 Å². The van der Waals surface area contributed by atoms with E-state index < -0.39 is 11.0 Å². The zero-order chi connectivity index (χ0) is 30.2. The fourth-order valence-electron chi connectivity index (χ4n) is 8.55. The van der Waals surface area contributed by atoms with Gasteiger partial charge in [0.15, 0.2) is 23.0 Å². The average molecular weight is 581 g/mol. The van der Waals surface area contributed by atoms with Crippen molar-refractivity contribution in [2.24, 2.45) is 17.8 Å². The highest BCUT2D eigenvalue weighted by atomic mass is 16.5. The molecule has 0 bridgehead atoms. The summed E-state index contributed by atoms with van der Waals surface area (Å²) in [6.07, 6.45) is 5.54. The molecule has 2 saturated carbocycles. The fraction of sp³-hybridized carbons (Fsp3) is 0.432. The van der Waals surface area contributed by atoms with E-state index in [1.54, 1.807) is 18.2 Å². The second kappa shape index (κ2) is 11.6. The Morgan fingerprint density at radius 2 is 1.72 bits per heavy atom. The SMILES string of the molecule is COc1cc(C2CC(=O)CC3(O)CCC4CCCC4(c4ccc(O)c(O)c4)C3CC#CC2Cc2ccccc2)ccc1O. The van der Waals surface area contributed by atoms with Crippen molar-refractivity contribution in [3.05, 3.63) is 83.4 Å². The van der Waals surface area contributed by atoms with E-state index in [1.165, 1.54) is 13.2 Å². The van der Waals surface area contributed by atoms with E-state index in [0.29, 0.717) is 30.9 Å². The maximum Gasteiger partial charge on any atom is 0.160 e. The van der Waals surface area contributed by atoms with E-state index in [0.717, 1.165) is 42.4 Å². The van der Waals surface area contributed by atoms with Gasteiger partial charge in [0, 0.05) is 42.4 Å². The monoisotopic (exact) mass is 580 g/mol. The summed E-state index contributed by atoms with van der Waals surface area (Å²) in [4.78, 5) is 14.0. The summed E-state index contributed by atoms with van der Waals surface area (Å²) in [5.74, 6) is 6.74. The van der Waals surface area contributed by atoms with Gasteiger partial charge in [0.1, 0.15) is 5.78 Å². The van der Waals surface area contributed by atoms with Crippen LogP contribution in [0.3, 0.4) is 0 Å². The summed E-state index contributed by atoms with van der Waals surface area (Å²) in [5, 5.41) is 43.2. The molecule has 43 heavy (non-hydrogen) atoms. The number of phenols is 3. The number of fused-ring (bicyclic) bond motifs is 3. The lowest BCUT2D eigenvalue weighted by molar-refractivity contribution is -0.137. The number of phenolic OH excluding ortho intramolecular Hbond substituents is 3. The van der Waals surface area contributed by atoms with Crippen LogP contribution >= 0.6 is 0 Å². The molecule has 3 aliphatic carbocycles. The summed E-state index contributed by atoms with van der Waals surface area (Å²) in [6, 6.07) is 20.5. The Labute approximate surface area is 253 Å². The topological polar surface area (TPSA) is 107 Å². The largest absolute Gasteiger partial charge is 0.504 e. The third kappa shape index (κ3) is 5.36. The second-order valence-electron chi connectivity index (χ2n) is 12.8. The molecule has 6 nitrogen and oxygen atoms in total. The highest BCUT2D eigenvalue weighted by molar-refractivity contribution is 5.81. The fourth-order valence-corrected chi connectivity index (χ4v) is 8.55. The highest BCUT2D eigenvalue weighted by Crippen LogP contribution is 2.61. The first-order valence-corrected chi connectivity index (χ1v) is 15.4. The number of hydrogen-bond donors (Lipinski definition) is 4. The third-order valence-electron chi connectivity index (χ3n) is 10.5. The second-order valence-corrected chi connectivity index (χ2v) is 12.8. The number of hydrogen-bond acceptors (Lipinski definition) is 6. The number of carbonyl (C=O) groups is 1. The molecule has 224 valence electrons. The minimum absolute atomic E-state index is 0.00791. The van der Waals surface area contributed by atoms with E-state index in [2.05, 4.69) is 24.0 Å². The van der Waals surface area contributed by atoms with Gasteiger partial charge in [-0.3, -0.25) is 4.79 Å². The first kappa shape index (κ1) is 29.1. The minimum atomic E-state index is -1.23. The van der Waals surface area contributed by atoms with Gasteiger partial charge < -0.3 is 25.2 Å². The molecule has 0 heterocycles. The molecule has 3 aromatic carbocycles. The molecule has 0 spiro atoms. The molecular weight excluding hydrogens is 540 g/mol. The van der Waals surface area contributed by atoms with E-state index >= 15 is 0 Å². The van der Waals surface area contributed by atoms with Crippen LogP contribution in [0.2, 0.25) is 0 Å². The summed E-state index contributed by atoms with van der Waals surface area (Å²) in [5.41, 5.74) is 1.24. The van der Waals surface area contributed by atoms with Crippen LogP contribution in [-0.4, -0.2) is 38.9 Å². The lowest BCUT2D eigenvalue weighted by Gasteiger charge is -2.54. The molecule has 0 radical (unpaired) electrons. The molecule has 6 heteroatoms. The van der Waals surface area contributed by atoms with Crippen LogP contribution in [0.25, 0.3) is 0 Å². The summed E-state index contributed by atoms with van der Waals surface area (Å²) >= 11 is 0. The third-order valence-corrected chi connectivity index (χ3v) is 10.5. The standard InChI is InChI=1S/C37H40O6/c1-43-34-20-26(12-14-32(34)40)30-22-29(38)23-36(42)18-16-27-10-6-17-37(27,28-13-15-31(39)33(41)21-28)35(36)11-5-9-25(30)19-24-7-3-2-4-8-24/h2-4,7-8,12-15,20-21,25,27,30,35,39-42H,6,10-11,16-19,22-23H2,1H3. The van der Waals surface area contributed by atoms with Gasteiger partial charge in [-0.1, -0.05) is 54.8 Å². The summed E-state index contributed by atoms with van der Waals surface area (Å²) in [7, 11) is 1.51. The number of benzene rings is 3. The van der Waals surface area contributed by atoms with Crippen LogP contribution < -0.4 is 4.74 Å². The molecule has 6 rings (SSSR count). The number of methoxy groups -OCH3 is 1. The number of ketones is 1. The highest BCUT2D eigenvalue weighted by Gasteiger charge is 2.60. The Kier molecular flexibility index (Phi) is 7.87. The Hall–Kier alpha value is -3.95. The lowest BCUT2D eigenvalue weighted by Crippen LogP contribution is -2.56. The first-order chi connectivity index (χ1) is 20.7. The molecule has 4 N–H and O–H groups in total.